The third-order valence-electron chi connectivity index (χ3n) is 5.20. The summed E-state index contributed by atoms with van der Waals surface area (Å²) in [5.74, 6) is -0.275. The molecule has 0 spiro atoms. The van der Waals surface area contributed by atoms with Crippen molar-refractivity contribution in [2.24, 2.45) is 4.40 Å². The zero-order valence-electron chi connectivity index (χ0n) is 18.3. The van der Waals surface area contributed by atoms with Crippen LogP contribution in [0.3, 0.4) is 0 Å². The first kappa shape index (κ1) is 22.2. The van der Waals surface area contributed by atoms with Gasteiger partial charge >= 0.3 is 5.97 Å². The van der Waals surface area contributed by atoms with E-state index in [-0.39, 0.29) is 22.8 Å². The Labute approximate surface area is 192 Å². The van der Waals surface area contributed by atoms with E-state index >= 15 is 0 Å². The van der Waals surface area contributed by atoms with Crippen LogP contribution in [0.15, 0.2) is 63.2 Å². The van der Waals surface area contributed by atoms with Gasteiger partial charge in [0.2, 0.25) is 0 Å². The first-order valence-electron chi connectivity index (χ1n) is 10.2. The largest absolute Gasteiger partial charge is 0.462 e. The van der Waals surface area contributed by atoms with Gasteiger partial charge in [0, 0.05) is 16.5 Å². The number of fused-ring (bicyclic) bond motifs is 1. The van der Waals surface area contributed by atoms with Crippen LogP contribution in [-0.2, 0) is 20.2 Å². The molecule has 1 N–H and O–H groups in total. The first-order chi connectivity index (χ1) is 15.1. The number of anilines is 1. The minimum absolute atomic E-state index is 0.0172. The molecule has 0 saturated heterocycles. The molecule has 2 aromatic carbocycles. The van der Waals surface area contributed by atoms with Crippen molar-refractivity contribution in [1.29, 1.82) is 0 Å². The van der Waals surface area contributed by atoms with Crippen LogP contribution in [0.5, 0.6) is 0 Å². The number of carbonyl (C=O) groups excluding carboxylic acids is 1. The Morgan fingerprint density at radius 3 is 2.41 bits per heavy atom. The van der Waals surface area contributed by atoms with Crippen LogP contribution in [0.2, 0.25) is 0 Å². The lowest BCUT2D eigenvalue weighted by Gasteiger charge is -2.19. The molecule has 4 rings (SSSR count). The summed E-state index contributed by atoms with van der Waals surface area (Å²) in [6.45, 7) is 8.42. The van der Waals surface area contributed by atoms with Crippen LogP contribution in [0.4, 0.5) is 5.00 Å². The van der Waals surface area contributed by atoms with Gasteiger partial charge in [-0.1, -0.05) is 57.2 Å². The summed E-state index contributed by atoms with van der Waals surface area (Å²) < 4.78 is 34.0. The summed E-state index contributed by atoms with van der Waals surface area (Å²) in [4.78, 5) is 13.0. The molecule has 166 valence electrons. The van der Waals surface area contributed by atoms with Gasteiger partial charge in [-0.15, -0.1) is 15.7 Å². The minimum Gasteiger partial charge on any atom is -0.462 e. The SMILES string of the molecule is CCOC(=O)c1c(-c2ccc(C(C)(C)C)cc2)csc1NC1=NS(=O)(=O)c2ccccc21. The van der Waals surface area contributed by atoms with Crippen molar-refractivity contribution < 1.29 is 17.9 Å². The van der Waals surface area contributed by atoms with Gasteiger partial charge in [-0.2, -0.15) is 8.42 Å². The number of hydrogen-bond donors (Lipinski definition) is 1. The molecule has 0 bridgehead atoms. The third kappa shape index (κ3) is 4.08. The summed E-state index contributed by atoms with van der Waals surface area (Å²) in [7, 11) is -3.77. The van der Waals surface area contributed by atoms with E-state index in [4.69, 9.17) is 4.74 Å². The van der Waals surface area contributed by atoms with Crippen molar-refractivity contribution >= 4 is 38.2 Å². The van der Waals surface area contributed by atoms with Gasteiger partial charge < -0.3 is 10.1 Å². The molecule has 1 aromatic heterocycles. The Morgan fingerprint density at radius 1 is 1.06 bits per heavy atom. The molecule has 1 aliphatic rings. The summed E-state index contributed by atoms with van der Waals surface area (Å²) >= 11 is 1.31. The van der Waals surface area contributed by atoms with E-state index < -0.39 is 16.0 Å². The highest BCUT2D eigenvalue weighted by atomic mass is 32.2. The Morgan fingerprint density at radius 2 is 1.75 bits per heavy atom. The van der Waals surface area contributed by atoms with Gasteiger partial charge in [0.15, 0.2) is 5.84 Å². The standard InChI is InChI=1S/C24H24N2O4S2/c1-5-30-23(27)20-18(15-10-12-16(13-11-15)24(2,3)4)14-31-22(20)25-21-17-8-6-7-9-19(17)32(28,29)26-21/h6-14H,5H2,1-4H3,(H,25,26). The van der Waals surface area contributed by atoms with Crippen molar-refractivity contribution in [3.05, 3.63) is 70.6 Å². The van der Waals surface area contributed by atoms with Crippen molar-refractivity contribution in [1.82, 2.24) is 0 Å². The van der Waals surface area contributed by atoms with Crippen LogP contribution in [-0.4, -0.2) is 26.8 Å². The maximum Gasteiger partial charge on any atom is 0.341 e. The topological polar surface area (TPSA) is 84.8 Å². The summed E-state index contributed by atoms with van der Waals surface area (Å²) in [6.07, 6.45) is 0. The van der Waals surface area contributed by atoms with Crippen molar-refractivity contribution in [3.63, 3.8) is 0 Å². The van der Waals surface area contributed by atoms with E-state index in [2.05, 4.69) is 42.6 Å². The van der Waals surface area contributed by atoms with Gasteiger partial charge in [-0.25, -0.2) is 4.79 Å². The number of hydrogen-bond acceptors (Lipinski definition) is 6. The van der Waals surface area contributed by atoms with E-state index in [0.29, 0.717) is 16.1 Å². The van der Waals surface area contributed by atoms with Crippen molar-refractivity contribution in [3.8, 4) is 11.1 Å². The predicted octanol–water partition coefficient (Wildman–Crippen LogP) is 5.45. The Balaban J connectivity index is 1.76. The number of sulfonamides is 1. The molecule has 0 unspecified atom stereocenters. The fourth-order valence-corrected chi connectivity index (χ4v) is 5.65. The third-order valence-corrected chi connectivity index (χ3v) is 7.43. The zero-order valence-corrected chi connectivity index (χ0v) is 19.9. The number of amidine groups is 1. The van der Waals surface area contributed by atoms with Crippen LogP contribution in [0.25, 0.3) is 11.1 Å². The second kappa shape index (κ2) is 8.18. The second-order valence-corrected chi connectivity index (χ2v) is 10.9. The number of nitrogens with one attached hydrogen (secondary N) is 1. The maximum absolute atomic E-state index is 12.9. The number of nitrogens with zero attached hydrogens (tertiary/aromatic N) is 1. The highest BCUT2D eigenvalue weighted by Gasteiger charge is 2.30. The molecule has 0 amide bonds. The van der Waals surface area contributed by atoms with E-state index in [1.54, 1.807) is 25.1 Å². The monoisotopic (exact) mass is 468 g/mol. The number of ether oxygens (including phenoxy) is 1. The van der Waals surface area contributed by atoms with E-state index in [1.807, 2.05) is 17.5 Å². The van der Waals surface area contributed by atoms with Gasteiger partial charge in [-0.05, 0) is 35.6 Å². The van der Waals surface area contributed by atoms with E-state index in [1.165, 1.54) is 23.0 Å². The number of benzene rings is 2. The summed E-state index contributed by atoms with van der Waals surface area (Å²) in [6, 6.07) is 14.7. The highest BCUT2D eigenvalue weighted by molar-refractivity contribution is 7.90. The predicted molar refractivity (Wildman–Crippen MR) is 128 cm³/mol. The van der Waals surface area contributed by atoms with Crippen LogP contribution >= 0.6 is 11.3 Å². The molecule has 8 heteroatoms. The molecule has 2 heterocycles. The normalized spacial score (nSPS) is 14.6. The molecule has 0 radical (unpaired) electrons. The Hall–Kier alpha value is -2.97. The van der Waals surface area contributed by atoms with E-state index in [0.717, 1.165) is 11.1 Å². The summed E-state index contributed by atoms with van der Waals surface area (Å²) in [5.41, 5.74) is 3.66. The van der Waals surface area contributed by atoms with E-state index in [9.17, 15) is 13.2 Å². The molecule has 0 saturated carbocycles. The maximum atomic E-state index is 12.9. The molecule has 32 heavy (non-hydrogen) atoms. The molecule has 1 aliphatic heterocycles. The van der Waals surface area contributed by atoms with Gasteiger partial charge in [0.25, 0.3) is 10.0 Å². The van der Waals surface area contributed by atoms with Crippen LogP contribution < -0.4 is 5.32 Å². The highest BCUT2D eigenvalue weighted by Crippen LogP contribution is 2.38. The fraction of sp³-hybridized carbons (Fsp3) is 0.250. The first-order valence-corrected chi connectivity index (χ1v) is 12.5. The van der Waals surface area contributed by atoms with Gasteiger partial charge in [-0.3, -0.25) is 0 Å². The number of esters is 1. The smallest absolute Gasteiger partial charge is 0.341 e. The quantitative estimate of drug-likeness (QED) is 0.515. The zero-order chi connectivity index (χ0) is 23.1. The molecule has 3 aromatic rings. The average molecular weight is 469 g/mol. The van der Waals surface area contributed by atoms with Crippen molar-refractivity contribution in [2.45, 2.75) is 38.0 Å². The minimum atomic E-state index is -3.77. The molecular weight excluding hydrogens is 444 g/mol. The fourth-order valence-electron chi connectivity index (χ4n) is 3.52. The molecule has 0 fully saturated rings. The molecular formula is C24H24N2O4S2. The van der Waals surface area contributed by atoms with Gasteiger partial charge in [0.1, 0.15) is 15.5 Å². The Bertz CT molecular complexity index is 1310. The van der Waals surface area contributed by atoms with Gasteiger partial charge in [0.05, 0.1) is 6.61 Å². The molecule has 0 aliphatic carbocycles. The Kier molecular flexibility index (Phi) is 5.68. The average Bonchev–Trinajstić information content (AvgIpc) is 3.27. The lowest BCUT2D eigenvalue weighted by atomic mass is 9.86. The number of rotatable bonds is 4. The lowest BCUT2D eigenvalue weighted by Crippen LogP contribution is -2.14. The van der Waals surface area contributed by atoms with Crippen molar-refractivity contribution in [2.75, 3.05) is 11.9 Å². The number of carbonyl (C=O) groups is 1. The second-order valence-electron chi connectivity index (χ2n) is 8.44. The lowest BCUT2D eigenvalue weighted by molar-refractivity contribution is 0.0529. The molecule has 0 atom stereocenters. The van der Waals surface area contributed by atoms with Crippen LogP contribution in [0.1, 0.15) is 49.2 Å². The molecule has 6 nitrogen and oxygen atoms in total. The number of thiophene rings is 1. The summed E-state index contributed by atoms with van der Waals surface area (Å²) in [5, 5.41) is 5.44. The van der Waals surface area contributed by atoms with Crippen LogP contribution in [0, 0.1) is 0 Å².